The van der Waals surface area contributed by atoms with Crippen molar-refractivity contribution in [2.24, 2.45) is 5.41 Å². The van der Waals surface area contributed by atoms with Crippen LogP contribution in [0.1, 0.15) is 18.4 Å². The van der Waals surface area contributed by atoms with Crippen LogP contribution in [0.2, 0.25) is 5.02 Å². The zero-order valence-electron chi connectivity index (χ0n) is 10.5. The summed E-state index contributed by atoms with van der Waals surface area (Å²) in [6.45, 7) is 5.84. The van der Waals surface area contributed by atoms with Crippen LogP contribution in [0.15, 0.2) is 24.3 Å². The van der Waals surface area contributed by atoms with Gasteiger partial charge in [-0.3, -0.25) is 4.90 Å². The molecule has 1 N–H and O–H groups in total. The molecule has 2 fully saturated rings. The smallest absolute Gasteiger partial charge is 0.0451 e. The van der Waals surface area contributed by atoms with Gasteiger partial charge in [0, 0.05) is 24.7 Å². The Labute approximate surface area is 120 Å². The van der Waals surface area contributed by atoms with E-state index in [1.54, 1.807) is 0 Å². The van der Waals surface area contributed by atoms with Gasteiger partial charge in [-0.1, -0.05) is 29.8 Å². The molecule has 1 atom stereocenters. The lowest BCUT2D eigenvalue weighted by Gasteiger charge is -2.23. The molecular formula is C14H20Cl2N2. The highest BCUT2D eigenvalue weighted by atomic mass is 35.5. The summed E-state index contributed by atoms with van der Waals surface area (Å²) in [5, 5.41) is 4.40. The molecule has 18 heavy (non-hydrogen) atoms. The molecule has 3 rings (SSSR count). The topological polar surface area (TPSA) is 15.3 Å². The summed E-state index contributed by atoms with van der Waals surface area (Å²) in [6, 6.07) is 8.20. The van der Waals surface area contributed by atoms with Crippen LogP contribution in [0, 0.1) is 5.41 Å². The first-order valence-electron chi connectivity index (χ1n) is 6.44. The molecule has 1 unspecified atom stereocenters. The van der Waals surface area contributed by atoms with E-state index in [-0.39, 0.29) is 12.4 Å². The molecule has 1 aromatic carbocycles. The maximum atomic E-state index is 6.21. The molecule has 1 spiro atoms. The zero-order chi connectivity index (χ0) is 11.7. The minimum atomic E-state index is 0. The molecule has 2 saturated heterocycles. The lowest BCUT2D eigenvalue weighted by atomic mass is 9.86. The van der Waals surface area contributed by atoms with Gasteiger partial charge in [-0.25, -0.2) is 0 Å². The Bertz CT molecular complexity index is 403. The van der Waals surface area contributed by atoms with Crippen LogP contribution < -0.4 is 5.32 Å². The summed E-state index contributed by atoms with van der Waals surface area (Å²) >= 11 is 6.21. The fourth-order valence-electron chi connectivity index (χ4n) is 3.17. The lowest BCUT2D eigenvalue weighted by molar-refractivity contribution is 0.269. The van der Waals surface area contributed by atoms with Gasteiger partial charge in [-0.05, 0) is 43.0 Å². The molecule has 100 valence electrons. The van der Waals surface area contributed by atoms with Gasteiger partial charge in [-0.15, -0.1) is 12.4 Å². The van der Waals surface area contributed by atoms with E-state index in [1.807, 2.05) is 12.1 Å². The van der Waals surface area contributed by atoms with Crippen LogP contribution in [0.25, 0.3) is 0 Å². The molecule has 0 saturated carbocycles. The second kappa shape index (κ2) is 5.79. The zero-order valence-corrected chi connectivity index (χ0v) is 12.1. The van der Waals surface area contributed by atoms with Crippen molar-refractivity contribution in [1.29, 1.82) is 0 Å². The first kappa shape index (κ1) is 14.1. The van der Waals surface area contributed by atoms with E-state index in [2.05, 4.69) is 22.3 Å². The van der Waals surface area contributed by atoms with Gasteiger partial charge < -0.3 is 5.32 Å². The van der Waals surface area contributed by atoms with E-state index in [1.165, 1.54) is 44.6 Å². The second-order valence-electron chi connectivity index (χ2n) is 5.48. The van der Waals surface area contributed by atoms with Gasteiger partial charge in [0.2, 0.25) is 0 Å². The van der Waals surface area contributed by atoms with Crippen LogP contribution >= 0.6 is 24.0 Å². The number of nitrogens with zero attached hydrogens (tertiary/aromatic N) is 1. The predicted octanol–water partition coefficient (Wildman–Crippen LogP) is 2.95. The van der Waals surface area contributed by atoms with Crippen molar-refractivity contribution in [3.63, 3.8) is 0 Å². The Balaban J connectivity index is 0.00000120. The summed E-state index contributed by atoms with van der Waals surface area (Å²) in [4.78, 5) is 2.55. The Morgan fingerprint density at radius 3 is 2.83 bits per heavy atom. The minimum absolute atomic E-state index is 0. The molecular weight excluding hydrogens is 267 g/mol. The van der Waals surface area contributed by atoms with Crippen LogP contribution in [0.5, 0.6) is 0 Å². The largest absolute Gasteiger partial charge is 0.316 e. The average molecular weight is 287 g/mol. The molecule has 1 aromatic rings. The van der Waals surface area contributed by atoms with E-state index >= 15 is 0 Å². The predicted molar refractivity (Wildman–Crippen MR) is 78.5 cm³/mol. The van der Waals surface area contributed by atoms with Gasteiger partial charge in [0.1, 0.15) is 0 Å². The Kier molecular flexibility index (Phi) is 4.54. The van der Waals surface area contributed by atoms with Crippen molar-refractivity contribution in [2.45, 2.75) is 19.4 Å². The van der Waals surface area contributed by atoms with Gasteiger partial charge >= 0.3 is 0 Å². The third kappa shape index (κ3) is 2.83. The van der Waals surface area contributed by atoms with E-state index in [9.17, 15) is 0 Å². The number of benzene rings is 1. The fraction of sp³-hybridized carbons (Fsp3) is 0.571. The molecule has 2 heterocycles. The highest BCUT2D eigenvalue weighted by Gasteiger charge is 2.40. The second-order valence-corrected chi connectivity index (χ2v) is 5.89. The van der Waals surface area contributed by atoms with Crippen molar-refractivity contribution >= 4 is 24.0 Å². The molecule has 2 nitrogen and oxygen atoms in total. The number of rotatable bonds is 2. The van der Waals surface area contributed by atoms with Crippen LogP contribution in [-0.2, 0) is 6.54 Å². The summed E-state index contributed by atoms with van der Waals surface area (Å²) in [7, 11) is 0. The molecule has 0 amide bonds. The molecule has 4 heteroatoms. The van der Waals surface area contributed by atoms with Gasteiger partial charge in [0.15, 0.2) is 0 Å². The van der Waals surface area contributed by atoms with Gasteiger partial charge in [0.05, 0.1) is 0 Å². The number of nitrogens with one attached hydrogen (secondary N) is 1. The Morgan fingerprint density at radius 2 is 2.11 bits per heavy atom. The monoisotopic (exact) mass is 286 g/mol. The molecule has 2 aliphatic rings. The summed E-state index contributed by atoms with van der Waals surface area (Å²) in [5.41, 5.74) is 1.82. The third-order valence-electron chi connectivity index (χ3n) is 4.20. The summed E-state index contributed by atoms with van der Waals surface area (Å²) in [6.07, 6.45) is 2.68. The first-order chi connectivity index (χ1) is 8.27. The van der Waals surface area contributed by atoms with Crippen molar-refractivity contribution < 1.29 is 0 Å². The lowest BCUT2D eigenvalue weighted by Crippen LogP contribution is -2.29. The fourth-order valence-corrected chi connectivity index (χ4v) is 3.37. The van der Waals surface area contributed by atoms with E-state index in [0.717, 1.165) is 11.6 Å². The maximum absolute atomic E-state index is 6.21. The molecule has 0 aromatic heterocycles. The standard InChI is InChI=1S/C14H19ClN2.ClH/c15-13-4-2-1-3-12(13)9-17-8-6-14(11-17)5-7-16-10-14;/h1-4,16H,5-11H2;1H. The number of hydrogen-bond donors (Lipinski definition) is 1. The highest BCUT2D eigenvalue weighted by Crippen LogP contribution is 2.36. The van der Waals surface area contributed by atoms with Crippen molar-refractivity contribution in [3.8, 4) is 0 Å². The van der Waals surface area contributed by atoms with Gasteiger partial charge in [-0.2, -0.15) is 0 Å². The SMILES string of the molecule is Cl.Clc1ccccc1CN1CCC2(CCNC2)C1. The highest BCUT2D eigenvalue weighted by molar-refractivity contribution is 6.31. The minimum Gasteiger partial charge on any atom is -0.316 e. The summed E-state index contributed by atoms with van der Waals surface area (Å²) in [5.74, 6) is 0. The number of likely N-dealkylation sites (tertiary alicyclic amines) is 1. The van der Waals surface area contributed by atoms with Crippen LogP contribution in [0.4, 0.5) is 0 Å². The van der Waals surface area contributed by atoms with E-state index in [0.29, 0.717) is 5.41 Å². The number of halogens is 2. The Morgan fingerprint density at radius 1 is 1.28 bits per heavy atom. The third-order valence-corrected chi connectivity index (χ3v) is 4.57. The van der Waals surface area contributed by atoms with E-state index in [4.69, 9.17) is 11.6 Å². The van der Waals surface area contributed by atoms with Crippen LogP contribution in [-0.4, -0.2) is 31.1 Å². The molecule has 0 radical (unpaired) electrons. The normalized spacial score (nSPS) is 27.6. The first-order valence-corrected chi connectivity index (χ1v) is 6.82. The average Bonchev–Trinajstić information content (AvgIpc) is 2.94. The van der Waals surface area contributed by atoms with E-state index < -0.39 is 0 Å². The number of hydrogen-bond acceptors (Lipinski definition) is 2. The van der Waals surface area contributed by atoms with Crippen molar-refractivity contribution in [1.82, 2.24) is 10.2 Å². The van der Waals surface area contributed by atoms with Crippen LogP contribution in [0.3, 0.4) is 0 Å². The maximum Gasteiger partial charge on any atom is 0.0451 e. The molecule has 0 bridgehead atoms. The Hall–Kier alpha value is -0.280. The molecule has 0 aliphatic carbocycles. The quantitative estimate of drug-likeness (QED) is 0.899. The van der Waals surface area contributed by atoms with Crippen molar-refractivity contribution in [3.05, 3.63) is 34.9 Å². The molecule has 2 aliphatic heterocycles. The van der Waals surface area contributed by atoms with Crippen molar-refractivity contribution in [2.75, 3.05) is 26.2 Å². The van der Waals surface area contributed by atoms with Gasteiger partial charge in [0.25, 0.3) is 0 Å². The summed E-state index contributed by atoms with van der Waals surface area (Å²) < 4.78 is 0.